The lowest BCUT2D eigenvalue weighted by atomic mass is 10.2. The van der Waals surface area contributed by atoms with Crippen LogP contribution in [0, 0.1) is 6.92 Å². The van der Waals surface area contributed by atoms with Crippen molar-refractivity contribution in [2.45, 2.75) is 11.9 Å². The highest BCUT2D eigenvalue weighted by Gasteiger charge is 2.08. The lowest BCUT2D eigenvalue weighted by Crippen LogP contribution is -2.15. The zero-order valence-corrected chi connectivity index (χ0v) is 12.5. The fraction of sp³-hybridized carbons (Fsp3) is 0.143. The van der Waals surface area contributed by atoms with E-state index in [1.807, 2.05) is 6.92 Å². The third-order valence-corrected chi connectivity index (χ3v) is 3.86. The van der Waals surface area contributed by atoms with Gasteiger partial charge in [-0.3, -0.25) is 4.79 Å². The molecule has 0 radical (unpaired) electrons. The van der Waals surface area contributed by atoms with Crippen molar-refractivity contribution in [2.75, 3.05) is 16.8 Å². The zero-order valence-electron chi connectivity index (χ0n) is 10.9. The molecule has 104 valence electrons. The summed E-state index contributed by atoms with van der Waals surface area (Å²) in [5.41, 5.74) is 8.03. The number of aromatic nitrogens is 1. The third-order valence-electron chi connectivity index (χ3n) is 2.60. The molecule has 1 amide bonds. The smallest absolute Gasteiger partial charge is 0.234 e. The lowest BCUT2D eigenvalue weighted by Gasteiger charge is -2.08. The largest absolute Gasteiger partial charge is 0.397 e. The van der Waals surface area contributed by atoms with Crippen molar-refractivity contribution >= 4 is 40.6 Å². The molecule has 4 nitrogen and oxygen atoms in total. The molecule has 0 saturated heterocycles. The average molecular weight is 308 g/mol. The molecule has 1 aromatic heterocycles. The number of hydrogen-bond acceptors (Lipinski definition) is 4. The van der Waals surface area contributed by atoms with Crippen molar-refractivity contribution in [1.29, 1.82) is 0 Å². The fourth-order valence-electron chi connectivity index (χ4n) is 1.61. The molecule has 6 heteroatoms. The number of carbonyl (C=O) groups is 1. The number of hydrogen-bond donors (Lipinski definition) is 2. The summed E-state index contributed by atoms with van der Waals surface area (Å²) in [6.45, 7) is 1.89. The van der Waals surface area contributed by atoms with Gasteiger partial charge in [-0.1, -0.05) is 23.4 Å². The van der Waals surface area contributed by atoms with Gasteiger partial charge >= 0.3 is 0 Å². The molecule has 0 atom stereocenters. The maximum absolute atomic E-state index is 11.9. The Morgan fingerprint density at radius 3 is 2.95 bits per heavy atom. The average Bonchev–Trinajstić information content (AvgIpc) is 2.41. The van der Waals surface area contributed by atoms with Gasteiger partial charge in [0.2, 0.25) is 5.91 Å². The maximum Gasteiger partial charge on any atom is 0.234 e. The van der Waals surface area contributed by atoms with Gasteiger partial charge in [-0.15, -0.1) is 0 Å². The van der Waals surface area contributed by atoms with Crippen molar-refractivity contribution in [3.63, 3.8) is 0 Å². The highest BCUT2D eigenvalue weighted by molar-refractivity contribution is 8.00. The molecule has 20 heavy (non-hydrogen) atoms. The normalized spacial score (nSPS) is 10.3. The quantitative estimate of drug-likeness (QED) is 0.850. The number of anilines is 2. The third kappa shape index (κ3) is 3.88. The summed E-state index contributed by atoms with van der Waals surface area (Å²) in [6.07, 6.45) is 1.65. The van der Waals surface area contributed by atoms with E-state index in [4.69, 9.17) is 17.3 Å². The summed E-state index contributed by atoms with van der Waals surface area (Å²) in [5, 5.41) is 4.15. The summed E-state index contributed by atoms with van der Waals surface area (Å²) < 4.78 is 0. The first-order chi connectivity index (χ1) is 9.56. The van der Waals surface area contributed by atoms with Gasteiger partial charge in [0.25, 0.3) is 0 Å². The number of carbonyl (C=O) groups excluding carboxylic acids is 1. The SMILES string of the molecule is Cc1cc(Cl)ccc1NC(=O)CSc1ncccc1N. The molecule has 0 unspecified atom stereocenters. The first kappa shape index (κ1) is 14.7. The predicted octanol–water partition coefficient (Wildman–Crippen LogP) is 3.36. The molecule has 0 bridgehead atoms. The summed E-state index contributed by atoms with van der Waals surface area (Å²) >= 11 is 7.18. The zero-order chi connectivity index (χ0) is 14.5. The molecule has 0 aliphatic heterocycles. The van der Waals surface area contributed by atoms with E-state index in [0.29, 0.717) is 15.7 Å². The number of benzene rings is 1. The molecule has 3 N–H and O–H groups in total. The summed E-state index contributed by atoms with van der Waals surface area (Å²) in [4.78, 5) is 16.0. The number of nitrogens with two attached hydrogens (primary N) is 1. The first-order valence-electron chi connectivity index (χ1n) is 5.95. The predicted molar refractivity (Wildman–Crippen MR) is 84.2 cm³/mol. The lowest BCUT2D eigenvalue weighted by molar-refractivity contribution is -0.113. The number of nitrogen functional groups attached to an aromatic ring is 1. The molecule has 2 aromatic rings. The molecule has 0 saturated carbocycles. The topological polar surface area (TPSA) is 68.0 Å². The van der Waals surface area contributed by atoms with Gasteiger partial charge in [-0.2, -0.15) is 0 Å². The van der Waals surface area contributed by atoms with E-state index < -0.39 is 0 Å². The van der Waals surface area contributed by atoms with Gasteiger partial charge in [-0.05, 0) is 42.8 Å². The van der Waals surface area contributed by atoms with Gasteiger partial charge in [-0.25, -0.2) is 4.98 Å². The number of nitrogens with zero attached hydrogens (tertiary/aromatic N) is 1. The minimum absolute atomic E-state index is 0.106. The van der Waals surface area contributed by atoms with Crippen LogP contribution in [-0.4, -0.2) is 16.6 Å². The van der Waals surface area contributed by atoms with Crippen LogP contribution in [0.25, 0.3) is 0 Å². The Hall–Kier alpha value is -1.72. The van der Waals surface area contributed by atoms with Crippen molar-refractivity contribution < 1.29 is 4.79 Å². The Morgan fingerprint density at radius 2 is 2.25 bits per heavy atom. The summed E-state index contributed by atoms with van der Waals surface area (Å²) in [5.74, 6) is 0.147. The van der Waals surface area contributed by atoms with Crippen molar-refractivity contribution in [3.05, 3.63) is 47.1 Å². The van der Waals surface area contributed by atoms with Crippen LogP contribution in [0.5, 0.6) is 0 Å². The van der Waals surface area contributed by atoms with Crippen molar-refractivity contribution in [2.24, 2.45) is 0 Å². The summed E-state index contributed by atoms with van der Waals surface area (Å²) in [7, 11) is 0. The second-order valence-corrected chi connectivity index (χ2v) is 5.59. The first-order valence-corrected chi connectivity index (χ1v) is 7.32. The van der Waals surface area contributed by atoms with E-state index >= 15 is 0 Å². The fourth-order valence-corrected chi connectivity index (χ4v) is 2.55. The molecule has 0 spiro atoms. The number of rotatable bonds is 4. The Kier molecular flexibility index (Phi) is 4.87. The van der Waals surface area contributed by atoms with Crippen LogP contribution in [-0.2, 0) is 4.79 Å². The number of amides is 1. The van der Waals surface area contributed by atoms with Crippen LogP contribution in [0.2, 0.25) is 5.02 Å². The number of halogens is 1. The minimum atomic E-state index is -0.106. The molecule has 0 aliphatic carbocycles. The maximum atomic E-state index is 11.9. The molecule has 2 rings (SSSR count). The van der Waals surface area contributed by atoms with E-state index in [2.05, 4.69) is 10.3 Å². The second-order valence-electron chi connectivity index (χ2n) is 4.19. The Balaban J connectivity index is 1.94. The molecular weight excluding hydrogens is 294 g/mol. The minimum Gasteiger partial charge on any atom is -0.397 e. The van der Waals surface area contributed by atoms with E-state index in [1.165, 1.54) is 11.8 Å². The van der Waals surface area contributed by atoms with Crippen LogP contribution in [0.4, 0.5) is 11.4 Å². The monoisotopic (exact) mass is 307 g/mol. The van der Waals surface area contributed by atoms with Gasteiger partial charge < -0.3 is 11.1 Å². The van der Waals surface area contributed by atoms with E-state index in [0.717, 1.165) is 11.3 Å². The molecule has 0 aliphatic rings. The van der Waals surface area contributed by atoms with Gasteiger partial charge in [0.05, 0.1) is 11.4 Å². The van der Waals surface area contributed by atoms with Crippen LogP contribution in [0.15, 0.2) is 41.6 Å². The summed E-state index contributed by atoms with van der Waals surface area (Å²) in [6, 6.07) is 8.86. The Morgan fingerprint density at radius 1 is 1.45 bits per heavy atom. The number of nitrogens with one attached hydrogen (secondary N) is 1. The van der Waals surface area contributed by atoms with Gasteiger partial charge in [0, 0.05) is 16.9 Å². The Bertz CT molecular complexity index is 634. The molecule has 1 aromatic carbocycles. The molecular formula is C14H14ClN3OS. The van der Waals surface area contributed by atoms with Crippen LogP contribution in [0.1, 0.15) is 5.56 Å². The number of aryl methyl sites for hydroxylation is 1. The van der Waals surface area contributed by atoms with Crippen LogP contribution >= 0.6 is 23.4 Å². The standard InChI is InChI=1S/C14H14ClN3OS/c1-9-7-10(15)4-5-12(9)18-13(19)8-20-14-11(16)3-2-6-17-14/h2-7H,8,16H2,1H3,(H,18,19). The van der Waals surface area contributed by atoms with Crippen molar-refractivity contribution in [1.82, 2.24) is 4.98 Å². The van der Waals surface area contributed by atoms with E-state index in [1.54, 1.807) is 36.5 Å². The van der Waals surface area contributed by atoms with E-state index in [-0.39, 0.29) is 11.7 Å². The highest BCUT2D eigenvalue weighted by Crippen LogP contribution is 2.23. The second kappa shape index (κ2) is 6.63. The van der Waals surface area contributed by atoms with Gasteiger partial charge in [0.15, 0.2) is 0 Å². The van der Waals surface area contributed by atoms with Crippen LogP contribution < -0.4 is 11.1 Å². The van der Waals surface area contributed by atoms with E-state index in [9.17, 15) is 4.79 Å². The van der Waals surface area contributed by atoms with Gasteiger partial charge in [0.1, 0.15) is 5.03 Å². The molecule has 0 fully saturated rings. The Labute approximate surface area is 126 Å². The van der Waals surface area contributed by atoms with Crippen molar-refractivity contribution in [3.8, 4) is 0 Å². The number of thioether (sulfide) groups is 1. The number of pyridine rings is 1. The molecule has 1 heterocycles. The highest BCUT2D eigenvalue weighted by atomic mass is 35.5. The van der Waals surface area contributed by atoms with Crippen LogP contribution in [0.3, 0.4) is 0 Å².